The quantitative estimate of drug-likeness (QED) is 0.0883. The first kappa shape index (κ1) is 38.4. The second-order valence-electron chi connectivity index (χ2n) is 12.3. The molecule has 1 amide bonds. The third kappa shape index (κ3) is 11.6. The first-order chi connectivity index (χ1) is 23.4. The number of rotatable bonds is 17. The maximum atomic E-state index is 14.6. The van der Waals surface area contributed by atoms with Crippen LogP contribution in [0.25, 0.3) is 16.3 Å². The van der Waals surface area contributed by atoms with Crippen molar-refractivity contribution >= 4 is 37.0 Å². The van der Waals surface area contributed by atoms with Gasteiger partial charge < -0.3 is 15.8 Å². The van der Waals surface area contributed by atoms with Gasteiger partial charge in [-0.1, -0.05) is 27.7 Å². The molecule has 0 saturated heterocycles. The number of carbonyl (C=O) groups excluding carboxylic acids is 1. The first-order valence-electron chi connectivity index (χ1n) is 16.2. The molecule has 0 atom stereocenters. The molecule has 3 aromatic heterocycles. The van der Waals surface area contributed by atoms with E-state index in [2.05, 4.69) is 25.4 Å². The summed E-state index contributed by atoms with van der Waals surface area (Å²) >= 11 is 1.18. The van der Waals surface area contributed by atoms with Gasteiger partial charge in [-0.25, -0.2) is 23.6 Å². The molecule has 3 N–H and O–H groups in total. The summed E-state index contributed by atoms with van der Waals surface area (Å²) in [7, 11) is -3.84. The van der Waals surface area contributed by atoms with Crippen LogP contribution in [0.1, 0.15) is 76.5 Å². The van der Waals surface area contributed by atoms with Crippen LogP contribution in [-0.2, 0) is 29.6 Å². The average Bonchev–Trinajstić information content (AvgIpc) is 3.76. The van der Waals surface area contributed by atoms with E-state index in [1.54, 1.807) is 6.20 Å². The van der Waals surface area contributed by atoms with Crippen LogP contribution in [0.15, 0.2) is 40.6 Å². The highest BCUT2D eigenvalue weighted by atomic mass is 32.1. The molecule has 0 radical (unpaired) electrons. The van der Waals surface area contributed by atoms with Gasteiger partial charge in [0, 0.05) is 30.0 Å². The molecule has 268 valence electrons. The Morgan fingerprint density at radius 2 is 1.82 bits per heavy atom. The number of carbonyl (C=O) groups is 1. The Kier molecular flexibility index (Phi) is 14.1. The van der Waals surface area contributed by atoms with Crippen LogP contribution in [0, 0.1) is 23.6 Å². The highest BCUT2D eigenvalue weighted by Crippen LogP contribution is 2.50. The van der Waals surface area contributed by atoms with E-state index in [1.165, 1.54) is 33.8 Å². The summed E-state index contributed by atoms with van der Waals surface area (Å²) in [4.78, 5) is 26.0. The fourth-order valence-electron chi connectivity index (χ4n) is 4.64. The predicted octanol–water partition coefficient (Wildman–Crippen LogP) is 6.58. The molecule has 4 rings (SSSR count). The molecule has 1 saturated carbocycles. The molecule has 0 aliphatic heterocycles. The van der Waals surface area contributed by atoms with E-state index in [4.69, 9.17) is 24.0 Å². The molecule has 13 nitrogen and oxygen atoms in total. The largest absolute Gasteiger partial charge is 0.476 e. The summed E-state index contributed by atoms with van der Waals surface area (Å²) in [5.74, 6) is -2.20. The molecule has 17 heteroatoms. The Labute approximate surface area is 288 Å². The molecule has 0 unspecified atom stereocenters. The number of aliphatic imine (C=N–C) groups is 1. The van der Waals surface area contributed by atoms with Crippen LogP contribution < -0.4 is 11.1 Å². The van der Waals surface area contributed by atoms with Crippen molar-refractivity contribution in [3.8, 4) is 10.6 Å². The van der Waals surface area contributed by atoms with Gasteiger partial charge in [-0.15, -0.1) is 11.3 Å². The van der Waals surface area contributed by atoms with E-state index in [0.29, 0.717) is 17.2 Å². The van der Waals surface area contributed by atoms with Crippen molar-refractivity contribution in [3.05, 3.63) is 58.8 Å². The number of aromatic nitrogens is 4. The van der Waals surface area contributed by atoms with Crippen LogP contribution in [0.5, 0.6) is 0 Å². The molecule has 0 aromatic carbocycles. The van der Waals surface area contributed by atoms with Crippen LogP contribution in [0.3, 0.4) is 0 Å². The zero-order chi connectivity index (χ0) is 35.6. The summed E-state index contributed by atoms with van der Waals surface area (Å²) in [5, 5.41) is 8.89. The Hall–Kier alpha value is -3.40. The van der Waals surface area contributed by atoms with Crippen molar-refractivity contribution in [1.82, 2.24) is 25.1 Å². The maximum absolute atomic E-state index is 14.6. The second kappa shape index (κ2) is 18.0. The Bertz CT molecular complexity index is 1640. The molecular weight excluding hydrogens is 679 g/mol. The second-order valence-corrected chi connectivity index (χ2v) is 14.8. The lowest BCUT2D eigenvalue weighted by molar-refractivity contribution is 0.0335. The molecular formula is C32H44F2N7O6PS. The number of hydrogen-bond acceptors (Lipinski definition) is 12. The van der Waals surface area contributed by atoms with Crippen molar-refractivity contribution in [2.75, 3.05) is 19.8 Å². The zero-order valence-corrected chi connectivity index (χ0v) is 30.0. The van der Waals surface area contributed by atoms with Crippen LogP contribution in [0.4, 0.5) is 8.78 Å². The minimum Gasteiger partial charge on any atom is -0.395 e. The van der Waals surface area contributed by atoms with Gasteiger partial charge in [-0.05, 0) is 56.6 Å². The molecule has 0 spiro atoms. The lowest BCUT2D eigenvalue weighted by Gasteiger charge is -2.26. The summed E-state index contributed by atoms with van der Waals surface area (Å²) < 4.78 is 65.4. The van der Waals surface area contributed by atoms with Gasteiger partial charge in [-0.2, -0.15) is 9.49 Å². The number of nitrogens with zero attached hydrogens (tertiary/aromatic N) is 5. The van der Waals surface area contributed by atoms with E-state index in [-0.39, 0.29) is 61.0 Å². The normalized spacial score (nSPS) is 17.7. The van der Waals surface area contributed by atoms with Crippen LogP contribution >= 0.6 is 19.2 Å². The molecule has 1 fully saturated rings. The summed E-state index contributed by atoms with van der Waals surface area (Å²) in [6.45, 7) is 10.5. The van der Waals surface area contributed by atoms with Crippen molar-refractivity contribution in [3.63, 3.8) is 0 Å². The van der Waals surface area contributed by atoms with E-state index in [9.17, 15) is 18.1 Å². The third-order valence-corrected chi connectivity index (χ3v) is 9.42. The topological polar surface area (TPSA) is 165 Å². The number of allylic oxidation sites excluding steroid dienone is 1. The number of thiazole rings is 1. The minimum atomic E-state index is -3.84. The monoisotopic (exact) mass is 723 g/mol. The smallest absolute Gasteiger partial charge is 0.395 e. The molecule has 1 aliphatic carbocycles. The predicted molar refractivity (Wildman–Crippen MR) is 182 cm³/mol. The number of ether oxygens (including phenoxy) is 1. The molecule has 0 bridgehead atoms. The van der Waals surface area contributed by atoms with Gasteiger partial charge >= 0.3 is 7.82 Å². The number of phosphoric acid groups is 1. The van der Waals surface area contributed by atoms with E-state index in [1.807, 2.05) is 34.6 Å². The van der Waals surface area contributed by atoms with Gasteiger partial charge in [0.2, 0.25) is 5.95 Å². The SMILES string of the molecule is CCOC1CCC(N=CC(NC(=O)c2csc(-c3cnn(COP(=O)(OCC(C)C)OCC(C)C)c3)n2)=C(N)c2nc(F)ccc2F)CC1. The van der Waals surface area contributed by atoms with E-state index in [0.717, 1.165) is 37.8 Å². The van der Waals surface area contributed by atoms with Gasteiger partial charge in [0.15, 0.2) is 12.5 Å². The lowest BCUT2D eigenvalue weighted by atomic mass is 9.93. The van der Waals surface area contributed by atoms with Gasteiger partial charge in [0.25, 0.3) is 5.91 Å². The van der Waals surface area contributed by atoms with Crippen molar-refractivity contribution < 1.29 is 36.4 Å². The number of halogens is 2. The maximum Gasteiger partial charge on any atom is 0.476 e. The van der Waals surface area contributed by atoms with Crippen molar-refractivity contribution in [1.29, 1.82) is 0 Å². The van der Waals surface area contributed by atoms with E-state index >= 15 is 0 Å². The zero-order valence-electron chi connectivity index (χ0n) is 28.3. The Balaban J connectivity index is 1.48. The fraction of sp³-hybridized carbons (Fsp3) is 0.531. The molecule has 1 aliphatic rings. The van der Waals surface area contributed by atoms with Gasteiger partial charge in [0.05, 0.1) is 43.0 Å². The standard InChI is InChI=1S/C32H44F2N7O6PS/c1-6-44-24-9-7-23(8-10-24)36-14-26(29(35)30-25(33)11-12-28(34)40-30)38-31(42)27-18-49-32(39-27)22-13-37-41(15-22)19-47-48(43,45-16-20(2)3)46-17-21(4)5/h11-15,18,20-21,23-24H,6-10,16-17,19,35H2,1-5H3,(H,38,42). The Morgan fingerprint density at radius 1 is 1.12 bits per heavy atom. The molecule has 3 heterocycles. The molecule has 3 aromatic rings. The summed E-state index contributed by atoms with van der Waals surface area (Å²) in [5.41, 5.74) is 6.07. The number of hydrogen-bond donors (Lipinski definition) is 2. The van der Waals surface area contributed by atoms with Gasteiger partial charge in [0.1, 0.15) is 16.4 Å². The number of amides is 1. The highest BCUT2D eigenvalue weighted by Gasteiger charge is 2.28. The lowest BCUT2D eigenvalue weighted by Crippen LogP contribution is -2.28. The summed E-state index contributed by atoms with van der Waals surface area (Å²) in [6, 6.07) is 1.72. The van der Waals surface area contributed by atoms with Crippen molar-refractivity contribution in [2.45, 2.75) is 79.2 Å². The third-order valence-electron chi connectivity index (χ3n) is 7.16. The average molecular weight is 724 g/mol. The van der Waals surface area contributed by atoms with E-state index < -0.39 is 31.2 Å². The number of pyridine rings is 1. The van der Waals surface area contributed by atoms with Crippen LogP contribution in [-0.4, -0.2) is 63.8 Å². The first-order valence-corrected chi connectivity index (χ1v) is 18.5. The minimum absolute atomic E-state index is 0.0428. The van der Waals surface area contributed by atoms with Crippen LogP contribution in [0.2, 0.25) is 0 Å². The Morgan fingerprint density at radius 3 is 2.47 bits per heavy atom. The van der Waals surface area contributed by atoms with Crippen molar-refractivity contribution in [2.24, 2.45) is 22.6 Å². The highest BCUT2D eigenvalue weighted by molar-refractivity contribution is 7.48. The fourth-order valence-corrected chi connectivity index (χ4v) is 6.86. The molecule has 49 heavy (non-hydrogen) atoms. The number of nitrogens with two attached hydrogens (primary N) is 1. The van der Waals surface area contributed by atoms with Gasteiger partial charge in [-0.3, -0.25) is 23.4 Å². The number of nitrogens with one attached hydrogen (secondary N) is 1. The number of phosphoric ester groups is 1. The summed E-state index contributed by atoms with van der Waals surface area (Å²) in [6.07, 6.45) is 7.85.